The summed E-state index contributed by atoms with van der Waals surface area (Å²) in [7, 11) is 4.28. The van der Waals surface area contributed by atoms with E-state index in [1.807, 2.05) is 0 Å². The van der Waals surface area contributed by atoms with Gasteiger partial charge in [-0.15, -0.1) is 0 Å². The van der Waals surface area contributed by atoms with Crippen molar-refractivity contribution >= 4 is 69.4 Å². The molecule has 1 atom stereocenters. The van der Waals surface area contributed by atoms with Crippen LogP contribution >= 0.6 is 47.0 Å². The Hall–Kier alpha value is -2.73. The molecule has 178 valence electrons. The van der Waals surface area contributed by atoms with Crippen molar-refractivity contribution in [2.75, 3.05) is 26.6 Å². The number of methoxy groups -OCH3 is 3. The van der Waals surface area contributed by atoms with Crippen LogP contribution in [-0.2, 0) is 0 Å². The summed E-state index contributed by atoms with van der Waals surface area (Å²) in [6.07, 6.45) is -1.28. The standard InChI is InChI=1S/C19H19Cl3N4O6S/c1-30-13-7-5-11(26(28)29)9-12(13)23-18(33)25-17(19(20,21)22)24-16(27)10-4-6-14(31-2)15(8-10)32-3/h4-9,17H,1-3H3,(H,24,27)(H2,23,25,33)/t17-/m1/s1. The van der Waals surface area contributed by atoms with Gasteiger partial charge in [0, 0.05) is 17.7 Å². The molecule has 0 unspecified atom stereocenters. The Balaban J connectivity index is 2.20. The van der Waals surface area contributed by atoms with Gasteiger partial charge in [-0.3, -0.25) is 14.9 Å². The molecule has 1 amide bonds. The third kappa shape index (κ3) is 7.13. The third-order valence-corrected chi connectivity index (χ3v) is 5.04. The van der Waals surface area contributed by atoms with Gasteiger partial charge >= 0.3 is 0 Å². The first kappa shape index (κ1) is 26.5. The van der Waals surface area contributed by atoms with Crippen LogP contribution in [-0.4, -0.2) is 47.2 Å². The maximum Gasteiger partial charge on any atom is 0.271 e. The second-order valence-electron chi connectivity index (χ2n) is 6.26. The highest BCUT2D eigenvalue weighted by atomic mass is 35.6. The average Bonchev–Trinajstić information content (AvgIpc) is 2.77. The van der Waals surface area contributed by atoms with Gasteiger partial charge in [0.2, 0.25) is 3.79 Å². The van der Waals surface area contributed by atoms with Gasteiger partial charge in [-0.05, 0) is 36.5 Å². The van der Waals surface area contributed by atoms with E-state index in [0.717, 1.165) is 0 Å². The third-order valence-electron chi connectivity index (χ3n) is 4.17. The summed E-state index contributed by atoms with van der Waals surface area (Å²) in [6.45, 7) is 0. The molecule has 3 N–H and O–H groups in total. The van der Waals surface area contributed by atoms with E-state index >= 15 is 0 Å². The molecule has 2 aromatic carbocycles. The minimum absolute atomic E-state index is 0.0993. The Morgan fingerprint density at radius 1 is 1.00 bits per heavy atom. The first-order valence-electron chi connectivity index (χ1n) is 8.99. The summed E-state index contributed by atoms with van der Waals surface area (Å²) in [5, 5.41) is 18.9. The monoisotopic (exact) mass is 536 g/mol. The smallest absolute Gasteiger partial charge is 0.271 e. The summed E-state index contributed by atoms with van der Waals surface area (Å²) in [4.78, 5) is 23.2. The Morgan fingerprint density at radius 3 is 2.15 bits per heavy atom. The molecule has 10 nitrogen and oxygen atoms in total. The van der Waals surface area contributed by atoms with Crippen LogP contribution in [0.2, 0.25) is 0 Å². The number of halogens is 3. The zero-order valence-electron chi connectivity index (χ0n) is 17.5. The molecule has 2 rings (SSSR count). The van der Waals surface area contributed by atoms with E-state index in [1.54, 1.807) is 6.07 Å². The number of hydrogen-bond donors (Lipinski definition) is 3. The van der Waals surface area contributed by atoms with E-state index in [4.69, 9.17) is 61.2 Å². The predicted octanol–water partition coefficient (Wildman–Crippen LogP) is 4.03. The number of nitrogens with zero attached hydrogens (tertiary/aromatic N) is 1. The first-order chi connectivity index (χ1) is 15.5. The number of hydrogen-bond acceptors (Lipinski definition) is 7. The molecular weight excluding hydrogens is 519 g/mol. The number of rotatable bonds is 8. The van der Waals surface area contributed by atoms with Crippen LogP contribution in [0.25, 0.3) is 0 Å². The highest BCUT2D eigenvalue weighted by Crippen LogP contribution is 2.32. The number of carbonyl (C=O) groups excluding carboxylic acids is 1. The van der Waals surface area contributed by atoms with E-state index < -0.39 is 20.8 Å². The van der Waals surface area contributed by atoms with Crippen molar-refractivity contribution in [3.05, 3.63) is 52.1 Å². The number of amides is 1. The van der Waals surface area contributed by atoms with Crippen molar-refractivity contribution in [1.82, 2.24) is 10.6 Å². The average molecular weight is 538 g/mol. The van der Waals surface area contributed by atoms with Gasteiger partial charge in [-0.25, -0.2) is 0 Å². The quantitative estimate of drug-likeness (QED) is 0.150. The number of nitro groups is 1. The van der Waals surface area contributed by atoms with Gasteiger partial charge < -0.3 is 30.2 Å². The SMILES string of the molecule is COc1ccc([N+](=O)[O-])cc1NC(=S)N[C@@H](NC(=O)c1ccc(OC)c(OC)c1)C(Cl)(Cl)Cl. The largest absolute Gasteiger partial charge is 0.495 e. The lowest BCUT2D eigenvalue weighted by molar-refractivity contribution is -0.384. The molecule has 2 aromatic rings. The van der Waals surface area contributed by atoms with Crippen molar-refractivity contribution in [1.29, 1.82) is 0 Å². The second kappa shape index (κ2) is 11.4. The molecule has 0 aliphatic heterocycles. The van der Waals surface area contributed by atoms with Crippen molar-refractivity contribution in [2.45, 2.75) is 9.96 Å². The zero-order valence-corrected chi connectivity index (χ0v) is 20.6. The van der Waals surface area contributed by atoms with Gasteiger partial charge in [0.25, 0.3) is 11.6 Å². The molecule has 0 aliphatic carbocycles. The van der Waals surface area contributed by atoms with Crippen LogP contribution in [0.3, 0.4) is 0 Å². The van der Waals surface area contributed by atoms with E-state index in [0.29, 0.717) is 11.5 Å². The van der Waals surface area contributed by atoms with Crippen molar-refractivity contribution in [2.24, 2.45) is 0 Å². The van der Waals surface area contributed by atoms with Crippen LogP contribution in [0.5, 0.6) is 17.2 Å². The fourth-order valence-electron chi connectivity index (χ4n) is 2.59. The van der Waals surface area contributed by atoms with Gasteiger partial charge in [-0.1, -0.05) is 34.8 Å². The molecule has 14 heteroatoms. The Morgan fingerprint density at radius 2 is 1.61 bits per heavy atom. The van der Waals surface area contributed by atoms with Crippen molar-refractivity contribution in [3.63, 3.8) is 0 Å². The van der Waals surface area contributed by atoms with Gasteiger partial charge in [-0.2, -0.15) is 0 Å². The molecule has 0 radical (unpaired) electrons. The molecule has 33 heavy (non-hydrogen) atoms. The van der Waals surface area contributed by atoms with E-state index in [1.165, 1.54) is 51.7 Å². The number of ether oxygens (including phenoxy) is 3. The van der Waals surface area contributed by atoms with E-state index in [9.17, 15) is 14.9 Å². The lowest BCUT2D eigenvalue weighted by Crippen LogP contribution is -2.56. The second-order valence-corrected chi connectivity index (χ2v) is 9.04. The minimum Gasteiger partial charge on any atom is -0.495 e. The summed E-state index contributed by atoms with van der Waals surface area (Å²) in [6, 6.07) is 8.39. The molecule has 0 heterocycles. The molecule has 0 spiro atoms. The maximum atomic E-state index is 12.7. The highest BCUT2D eigenvalue weighted by molar-refractivity contribution is 7.80. The van der Waals surface area contributed by atoms with Gasteiger partial charge in [0.1, 0.15) is 11.9 Å². The number of carbonyl (C=O) groups is 1. The van der Waals surface area contributed by atoms with Gasteiger partial charge in [0.05, 0.1) is 31.9 Å². The number of non-ortho nitro benzene ring substituents is 1. The minimum atomic E-state index is -2.02. The van der Waals surface area contributed by atoms with Crippen LogP contribution in [0.1, 0.15) is 10.4 Å². The normalized spacial score (nSPS) is 11.7. The number of nitrogens with one attached hydrogen (secondary N) is 3. The fourth-order valence-corrected chi connectivity index (χ4v) is 3.14. The summed E-state index contributed by atoms with van der Waals surface area (Å²) < 4.78 is 13.5. The fraction of sp³-hybridized carbons (Fsp3) is 0.263. The molecule has 0 saturated carbocycles. The topological polar surface area (TPSA) is 124 Å². The molecule has 0 aromatic heterocycles. The number of thiocarbonyl (C=S) groups is 1. The highest BCUT2D eigenvalue weighted by Gasteiger charge is 2.35. The Kier molecular flexibility index (Phi) is 9.17. The first-order valence-corrected chi connectivity index (χ1v) is 10.5. The number of anilines is 1. The van der Waals surface area contributed by atoms with Crippen LogP contribution in [0.15, 0.2) is 36.4 Å². The predicted molar refractivity (Wildman–Crippen MR) is 130 cm³/mol. The maximum absolute atomic E-state index is 12.7. The molecular formula is C19H19Cl3N4O6S. The molecule has 0 saturated heterocycles. The van der Waals surface area contributed by atoms with E-state index in [-0.39, 0.29) is 27.8 Å². The number of nitro benzene ring substituents is 1. The van der Waals surface area contributed by atoms with Crippen LogP contribution in [0, 0.1) is 10.1 Å². The summed E-state index contributed by atoms with van der Waals surface area (Å²) in [5.74, 6) is 0.444. The van der Waals surface area contributed by atoms with Crippen LogP contribution < -0.4 is 30.2 Å². The number of benzene rings is 2. The summed E-state index contributed by atoms with van der Waals surface area (Å²) in [5.41, 5.74) is 0.201. The number of alkyl halides is 3. The summed E-state index contributed by atoms with van der Waals surface area (Å²) >= 11 is 23.3. The lowest BCUT2D eigenvalue weighted by atomic mass is 10.2. The zero-order chi connectivity index (χ0) is 24.8. The van der Waals surface area contributed by atoms with Crippen LogP contribution in [0.4, 0.5) is 11.4 Å². The van der Waals surface area contributed by atoms with E-state index in [2.05, 4.69) is 16.0 Å². The van der Waals surface area contributed by atoms with Crippen molar-refractivity contribution in [3.8, 4) is 17.2 Å². The Labute approximate surface area is 209 Å². The molecule has 0 aliphatic rings. The molecule has 0 fully saturated rings. The molecule has 0 bridgehead atoms. The lowest BCUT2D eigenvalue weighted by Gasteiger charge is -2.28. The van der Waals surface area contributed by atoms with Crippen molar-refractivity contribution < 1.29 is 23.9 Å². The van der Waals surface area contributed by atoms with Gasteiger partial charge in [0.15, 0.2) is 16.6 Å². The Bertz CT molecular complexity index is 1050.